The summed E-state index contributed by atoms with van der Waals surface area (Å²) in [5, 5.41) is 2.99. The molecule has 1 aromatic carbocycles. The van der Waals surface area contributed by atoms with Gasteiger partial charge in [-0.15, -0.1) is 0 Å². The van der Waals surface area contributed by atoms with Gasteiger partial charge in [-0.2, -0.15) is 0 Å². The number of amides is 2. The minimum Gasteiger partial charge on any atom is -0.454 e. The van der Waals surface area contributed by atoms with Crippen molar-refractivity contribution in [1.29, 1.82) is 0 Å². The largest absolute Gasteiger partial charge is 0.454 e. The van der Waals surface area contributed by atoms with Gasteiger partial charge in [-0.25, -0.2) is 4.79 Å². The number of morpholine rings is 1. The number of carbonyl (C=O) groups excluding carboxylic acids is 1. The van der Waals surface area contributed by atoms with Crippen LogP contribution in [0.2, 0.25) is 0 Å². The summed E-state index contributed by atoms with van der Waals surface area (Å²) in [6.45, 7) is 4.69. The first-order valence-corrected chi connectivity index (χ1v) is 6.77. The first kappa shape index (κ1) is 13.1. The van der Waals surface area contributed by atoms with E-state index in [2.05, 4.69) is 5.32 Å². The molecule has 0 spiro atoms. The fourth-order valence-electron chi connectivity index (χ4n) is 2.31. The number of benzene rings is 1. The second-order valence-electron chi connectivity index (χ2n) is 4.88. The van der Waals surface area contributed by atoms with Crippen molar-refractivity contribution in [1.82, 2.24) is 10.2 Å². The maximum absolute atomic E-state index is 12.1. The summed E-state index contributed by atoms with van der Waals surface area (Å²) in [7, 11) is 0. The molecule has 0 aromatic heterocycles. The molecule has 108 valence electrons. The molecule has 6 heteroatoms. The van der Waals surface area contributed by atoms with Gasteiger partial charge in [0.1, 0.15) is 0 Å². The van der Waals surface area contributed by atoms with Gasteiger partial charge in [0.25, 0.3) is 0 Å². The van der Waals surface area contributed by atoms with Crippen LogP contribution in [-0.2, 0) is 4.74 Å². The van der Waals surface area contributed by atoms with Gasteiger partial charge in [0.2, 0.25) is 6.79 Å². The van der Waals surface area contributed by atoms with Crippen molar-refractivity contribution in [3.05, 3.63) is 23.8 Å². The molecule has 1 aromatic rings. The zero-order valence-electron chi connectivity index (χ0n) is 11.4. The summed E-state index contributed by atoms with van der Waals surface area (Å²) in [4.78, 5) is 13.9. The lowest BCUT2D eigenvalue weighted by Gasteiger charge is -2.28. The third kappa shape index (κ3) is 2.65. The number of rotatable bonds is 2. The van der Waals surface area contributed by atoms with Crippen LogP contribution in [-0.4, -0.2) is 44.0 Å². The van der Waals surface area contributed by atoms with Gasteiger partial charge in [-0.05, 0) is 24.6 Å². The summed E-state index contributed by atoms with van der Waals surface area (Å²) in [5.41, 5.74) is 0.996. The quantitative estimate of drug-likeness (QED) is 0.891. The van der Waals surface area contributed by atoms with Crippen molar-refractivity contribution in [2.45, 2.75) is 13.0 Å². The first-order valence-electron chi connectivity index (χ1n) is 6.77. The van der Waals surface area contributed by atoms with Crippen molar-refractivity contribution in [2.24, 2.45) is 0 Å². The zero-order valence-corrected chi connectivity index (χ0v) is 11.4. The predicted octanol–water partition coefficient (Wildman–Crippen LogP) is 1.52. The Morgan fingerprint density at radius 3 is 2.80 bits per heavy atom. The second-order valence-corrected chi connectivity index (χ2v) is 4.88. The Morgan fingerprint density at radius 2 is 2.00 bits per heavy atom. The topological polar surface area (TPSA) is 60.0 Å². The second kappa shape index (κ2) is 5.58. The van der Waals surface area contributed by atoms with Crippen molar-refractivity contribution < 1.29 is 19.0 Å². The number of urea groups is 1. The van der Waals surface area contributed by atoms with Gasteiger partial charge in [-0.3, -0.25) is 0 Å². The Bertz CT molecular complexity index is 500. The fraction of sp³-hybridized carbons (Fsp3) is 0.500. The SMILES string of the molecule is C[C@@H](NC(=O)N1CCOCC1)c1ccc2c(c1)OCO2. The van der Waals surface area contributed by atoms with E-state index in [-0.39, 0.29) is 18.9 Å². The van der Waals surface area contributed by atoms with Crippen LogP contribution in [0, 0.1) is 0 Å². The summed E-state index contributed by atoms with van der Waals surface area (Å²) in [5.74, 6) is 1.48. The van der Waals surface area contributed by atoms with Gasteiger partial charge < -0.3 is 24.4 Å². The fourth-order valence-corrected chi connectivity index (χ4v) is 2.31. The Labute approximate surface area is 117 Å². The summed E-state index contributed by atoms with van der Waals surface area (Å²) >= 11 is 0. The molecular formula is C14H18N2O4. The van der Waals surface area contributed by atoms with Gasteiger partial charge in [0, 0.05) is 13.1 Å². The standard InChI is InChI=1S/C14H18N2O4/c1-10(15-14(17)16-4-6-18-7-5-16)11-2-3-12-13(8-11)20-9-19-12/h2-3,8,10H,4-7,9H2,1H3,(H,15,17)/t10-/m1/s1. The molecule has 2 heterocycles. The molecule has 1 fully saturated rings. The van der Waals surface area contributed by atoms with Crippen molar-refractivity contribution in [2.75, 3.05) is 33.1 Å². The van der Waals surface area contributed by atoms with Crippen molar-refractivity contribution in [3.8, 4) is 11.5 Å². The number of carbonyl (C=O) groups is 1. The lowest BCUT2D eigenvalue weighted by Crippen LogP contribution is -2.46. The summed E-state index contributed by atoms with van der Waals surface area (Å²) in [6.07, 6.45) is 0. The van der Waals surface area contributed by atoms with Crippen LogP contribution < -0.4 is 14.8 Å². The molecule has 2 aliphatic heterocycles. The highest BCUT2D eigenvalue weighted by molar-refractivity contribution is 5.74. The van der Waals surface area contributed by atoms with E-state index in [9.17, 15) is 4.79 Å². The maximum Gasteiger partial charge on any atom is 0.318 e. The zero-order chi connectivity index (χ0) is 13.9. The summed E-state index contributed by atoms with van der Waals surface area (Å²) in [6, 6.07) is 5.58. The molecule has 2 amide bonds. The normalized spacial score (nSPS) is 18.8. The van der Waals surface area contributed by atoms with Gasteiger partial charge >= 0.3 is 6.03 Å². The van der Waals surface area contributed by atoms with Crippen LogP contribution in [0.5, 0.6) is 11.5 Å². The molecule has 1 N–H and O–H groups in total. The molecule has 0 saturated carbocycles. The van der Waals surface area contributed by atoms with E-state index in [1.165, 1.54) is 0 Å². The van der Waals surface area contributed by atoms with E-state index in [1.807, 2.05) is 25.1 Å². The van der Waals surface area contributed by atoms with Crippen LogP contribution >= 0.6 is 0 Å². The number of nitrogens with zero attached hydrogens (tertiary/aromatic N) is 1. The van der Waals surface area contributed by atoms with Gasteiger partial charge in [-0.1, -0.05) is 6.07 Å². The lowest BCUT2D eigenvalue weighted by molar-refractivity contribution is 0.0526. The Morgan fingerprint density at radius 1 is 1.25 bits per heavy atom. The van der Waals surface area contributed by atoms with E-state index in [0.717, 1.165) is 17.1 Å². The van der Waals surface area contributed by atoms with Crippen molar-refractivity contribution >= 4 is 6.03 Å². The third-order valence-corrected chi connectivity index (χ3v) is 3.53. The van der Waals surface area contributed by atoms with E-state index in [1.54, 1.807) is 4.90 Å². The molecule has 0 bridgehead atoms. The molecular weight excluding hydrogens is 260 g/mol. The highest BCUT2D eigenvalue weighted by Crippen LogP contribution is 2.34. The molecule has 20 heavy (non-hydrogen) atoms. The van der Waals surface area contributed by atoms with Crippen LogP contribution in [0.4, 0.5) is 4.79 Å². The molecule has 2 aliphatic rings. The number of nitrogens with one attached hydrogen (secondary N) is 1. The van der Waals surface area contributed by atoms with E-state index in [4.69, 9.17) is 14.2 Å². The smallest absolute Gasteiger partial charge is 0.318 e. The molecule has 1 atom stereocenters. The van der Waals surface area contributed by atoms with E-state index in [0.29, 0.717) is 26.3 Å². The van der Waals surface area contributed by atoms with E-state index >= 15 is 0 Å². The number of ether oxygens (including phenoxy) is 3. The average Bonchev–Trinajstić information content (AvgIpc) is 2.95. The van der Waals surface area contributed by atoms with Crippen LogP contribution in [0.1, 0.15) is 18.5 Å². The minimum absolute atomic E-state index is 0.0570. The third-order valence-electron chi connectivity index (χ3n) is 3.53. The monoisotopic (exact) mass is 278 g/mol. The first-order chi connectivity index (χ1) is 9.74. The molecule has 0 aliphatic carbocycles. The Balaban J connectivity index is 1.63. The average molecular weight is 278 g/mol. The van der Waals surface area contributed by atoms with Crippen LogP contribution in [0.15, 0.2) is 18.2 Å². The van der Waals surface area contributed by atoms with Gasteiger partial charge in [0.05, 0.1) is 19.3 Å². The molecule has 1 saturated heterocycles. The maximum atomic E-state index is 12.1. The molecule has 3 rings (SSSR count). The molecule has 0 unspecified atom stereocenters. The molecule has 0 radical (unpaired) electrons. The van der Waals surface area contributed by atoms with Crippen LogP contribution in [0.25, 0.3) is 0 Å². The van der Waals surface area contributed by atoms with Crippen molar-refractivity contribution in [3.63, 3.8) is 0 Å². The Kier molecular flexibility index (Phi) is 3.64. The van der Waals surface area contributed by atoms with Gasteiger partial charge in [0.15, 0.2) is 11.5 Å². The Hall–Kier alpha value is -1.95. The van der Waals surface area contributed by atoms with E-state index < -0.39 is 0 Å². The number of hydrogen-bond acceptors (Lipinski definition) is 4. The molecule has 6 nitrogen and oxygen atoms in total. The van der Waals surface area contributed by atoms with Crippen LogP contribution in [0.3, 0.4) is 0 Å². The summed E-state index contributed by atoms with van der Waals surface area (Å²) < 4.78 is 15.9. The number of hydrogen-bond donors (Lipinski definition) is 1. The highest BCUT2D eigenvalue weighted by atomic mass is 16.7. The highest BCUT2D eigenvalue weighted by Gasteiger charge is 2.20. The lowest BCUT2D eigenvalue weighted by atomic mass is 10.1. The predicted molar refractivity (Wildman–Crippen MR) is 71.9 cm³/mol. The minimum atomic E-state index is -0.0835. The number of fused-ring (bicyclic) bond motifs is 1.